The Labute approximate surface area is 169 Å². The molecule has 2 aliphatic heterocycles. The first-order valence-corrected chi connectivity index (χ1v) is 11.4. The molecule has 4 rings (SSSR count). The number of nitrogens with zero attached hydrogens (tertiary/aromatic N) is 4. The van der Waals surface area contributed by atoms with E-state index in [1.807, 2.05) is 4.90 Å². The topological polar surface area (TPSA) is 52.8 Å². The van der Waals surface area contributed by atoms with Crippen molar-refractivity contribution >= 4 is 5.91 Å². The van der Waals surface area contributed by atoms with Crippen LogP contribution in [0.3, 0.4) is 0 Å². The van der Waals surface area contributed by atoms with Crippen LogP contribution in [0.15, 0.2) is 17.0 Å². The molecule has 6 heteroatoms. The quantitative estimate of drug-likeness (QED) is 0.718. The summed E-state index contributed by atoms with van der Waals surface area (Å²) in [7, 11) is 0. The fourth-order valence-corrected chi connectivity index (χ4v) is 5.36. The zero-order valence-electron chi connectivity index (χ0n) is 17.2. The highest BCUT2D eigenvalue weighted by Gasteiger charge is 2.30. The van der Waals surface area contributed by atoms with Gasteiger partial charge in [0.2, 0.25) is 5.76 Å². The lowest BCUT2D eigenvalue weighted by molar-refractivity contribution is 0.0582. The van der Waals surface area contributed by atoms with E-state index in [1.54, 1.807) is 6.20 Å². The van der Waals surface area contributed by atoms with Gasteiger partial charge in [0.25, 0.3) is 5.91 Å². The van der Waals surface area contributed by atoms with E-state index in [2.05, 4.69) is 14.8 Å². The van der Waals surface area contributed by atoms with Crippen LogP contribution in [-0.2, 0) is 0 Å². The summed E-state index contributed by atoms with van der Waals surface area (Å²) in [4.78, 5) is 24.3. The summed E-state index contributed by atoms with van der Waals surface area (Å²) < 4.78 is 5.33. The second kappa shape index (κ2) is 9.88. The number of amides is 1. The first-order valence-electron chi connectivity index (χ1n) is 11.4. The first-order chi connectivity index (χ1) is 13.8. The summed E-state index contributed by atoms with van der Waals surface area (Å²) in [6, 6.07) is 0.787. The maximum atomic E-state index is 13.1. The Bertz CT molecular complexity index is 594. The average molecular weight is 389 g/mol. The maximum Gasteiger partial charge on any atom is 0.291 e. The Morgan fingerprint density at radius 2 is 1.89 bits per heavy atom. The zero-order valence-corrected chi connectivity index (χ0v) is 17.2. The number of aromatic nitrogens is 1. The van der Waals surface area contributed by atoms with Gasteiger partial charge in [0.15, 0.2) is 6.39 Å². The van der Waals surface area contributed by atoms with Crippen molar-refractivity contribution < 1.29 is 9.21 Å². The lowest BCUT2D eigenvalue weighted by Crippen LogP contribution is -2.47. The molecule has 1 aromatic rings. The Morgan fingerprint density at radius 3 is 2.64 bits per heavy atom. The van der Waals surface area contributed by atoms with Crippen LogP contribution < -0.4 is 0 Å². The normalized spacial score (nSPS) is 25.2. The van der Waals surface area contributed by atoms with Crippen molar-refractivity contribution in [2.45, 2.75) is 63.8 Å². The van der Waals surface area contributed by atoms with Gasteiger partial charge in [-0.1, -0.05) is 19.3 Å². The van der Waals surface area contributed by atoms with Crippen LogP contribution >= 0.6 is 0 Å². The lowest BCUT2D eigenvalue weighted by Gasteiger charge is -2.39. The lowest BCUT2D eigenvalue weighted by atomic mass is 9.95. The predicted molar refractivity (Wildman–Crippen MR) is 109 cm³/mol. The molecule has 28 heavy (non-hydrogen) atoms. The fourth-order valence-electron chi connectivity index (χ4n) is 5.36. The molecule has 156 valence electrons. The van der Waals surface area contributed by atoms with Crippen LogP contribution in [0, 0.1) is 5.92 Å². The molecule has 0 unspecified atom stereocenters. The molecule has 1 aromatic heterocycles. The number of rotatable bonds is 7. The number of hydrogen-bond donors (Lipinski definition) is 0. The van der Waals surface area contributed by atoms with Gasteiger partial charge in [-0.2, -0.15) is 0 Å². The molecule has 6 nitrogen and oxygen atoms in total. The smallest absolute Gasteiger partial charge is 0.291 e. The van der Waals surface area contributed by atoms with Crippen LogP contribution in [0.4, 0.5) is 0 Å². The second-order valence-corrected chi connectivity index (χ2v) is 8.96. The molecule has 1 aliphatic carbocycles. The number of carbonyl (C=O) groups is 1. The first kappa shape index (κ1) is 19.9. The number of carbonyl (C=O) groups excluding carboxylic acids is 1. The van der Waals surface area contributed by atoms with E-state index in [-0.39, 0.29) is 5.91 Å². The largest absolute Gasteiger partial charge is 0.438 e. The molecule has 0 spiro atoms. The van der Waals surface area contributed by atoms with E-state index in [1.165, 1.54) is 83.8 Å². The third-order valence-corrected chi connectivity index (χ3v) is 6.94. The van der Waals surface area contributed by atoms with Crippen LogP contribution in [0.2, 0.25) is 0 Å². The molecule has 0 N–H and O–H groups in total. The van der Waals surface area contributed by atoms with Crippen molar-refractivity contribution in [2.24, 2.45) is 5.92 Å². The second-order valence-electron chi connectivity index (χ2n) is 8.96. The Morgan fingerprint density at radius 1 is 1.07 bits per heavy atom. The molecular weight excluding hydrogens is 352 g/mol. The van der Waals surface area contributed by atoms with Crippen molar-refractivity contribution in [2.75, 3.05) is 45.8 Å². The molecule has 3 heterocycles. The van der Waals surface area contributed by atoms with Gasteiger partial charge in [0, 0.05) is 32.2 Å². The molecule has 0 aromatic carbocycles. The van der Waals surface area contributed by atoms with E-state index < -0.39 is 0 Å². The molecule has 1 amide bonds. The third kappa shape index (κ3) is 5.15. The van der Waals surface area contributed by atoms with Gasteiger partial charge in [-0.05, 0) is 64.1 Å². The highest BCUT2D eigenvalue weighted by molar-refractivity contribution is 5.91. The summed E-state index contributed by atoms with van der Waals surface area (Å²) in [6.45, 7) is 7.33. The minimum absolute atomic E-state index is 0.00694. The van der Waals surface area contributed by atoms with E-state index in [0.717, 1.165) is 32.2 Å². The Hall–Kier alpha value is -1.40. The highest BCUT2D eigenvalue weighted by atomic mass is 16.3. The van der Waals surface area contributed by atoms with Crippen molar-refractivity contribution in [1.82, 2.24) is 19.7 Å². The predicted octanol–water partition coefficient (Wildman–Crippen LogP) is 3.26. The van der Waals surface area contributed by atoms with Gasteiger partial charge >= 0.3 is 0 Å². The van der Waals surface area contributed by atoms with Crippen molar-refractivity contribution in [3.8, 4) is 0 Å². The number of piperidine rings is 2. The summed E-state index contributed by atoms with van der Waals surface area (Å²) in [5.41, 5.74) is 0. The Balaban J connectivity index is 1.36. The van der Waals surface area contributed by atoms with Crippen LogP contribution in [0.1, 0.15) is 68.3 Å². The number of hydrogen-bond acceptors (Lipinski definition) is 5. The number of oxazole rings is 1. The van der Waals surface area contributed by atoms with Crippen molar-refractivity contribution in [1.29, 1.82) is 0 Å². The van der Waals surface area contributed by atoms with Gasteiger partial charge in [0.05, 0.1) is 6.20 Å². The monoisotopic (exact) mass is 388 g/mol. The number of likely N-dealkylation sites (tertiary alicyclic amines) is 2. The van der Waals surface area contributed by atoms with Gasteiger partial charge in [-0.15, -0.1) is 0 Å². The summed E-state index contributed by atoms with van der Waals surface area (Å²) in [6.07, 6.45) is 14.8. The standard InChI is InChI=1S/C22H36N4O2/c27-22(21-15-23-18-28-21)26(14-13-24-10-4-1-5-11-24)17-19-7-6-12-25(16-19)20-8-2-3-9-20/h15,18-20H,1-14,16-17H2/t19-/m1/s1. The summed E-state index contributed by atoms with van der Waals surface area (Å²) in [5, 5.41) is 0. The molecular formula is C22H36N4O2. The van der Waals surface area contributed by atoms with E-state index in [4.69, 9.17) is 4.42 Å². The fraction of sp³-hybridized carbons (Fsp3) is 0.818. The molecule has 3 aliphatic rings. The van der Waals surface area contributed by atoms with Crippen molar-refractivity contribution in [3.63, 3.8) is 0 Å². The Kier molecular flexibility index (Phi) is 7.02. The minimum Gasteiger partial charge on any atom is -0.438 e. The van der Waals surface area contributed by atoms with Crippen LogP contribution in [-0.4, -0.2) is 77.4 Å². The van der Waals surface area contributed by atoms with Crippen molar-refractivity contribution in [3.05, 3.63) is 18.4 Å². The third-order valence-electron chi connectivity index (χ3n) is 6.94. The highest BCUT2D eigenvalue weighted by Crippen LogP contribution is 2.28. The van der Waals surface area contributed by atoms with Gasteiger partial charge in [0.1, 0.15) is 0 Å². The van der Waals surface area contributed by atoms with Crippen LogP contribution in [0.5, 0.6) is 0 Å². The summed E-state index contributed by atoms with van der Waals surface area (Å²) >= 11 is 0. The van der Waals surface area contributed by atoms with E-state index in [9.17, 15) is 4.79 Å². The average Bonchev–Trinajstić information content (AvgIpc) is 3.46. The van der Waals surface area contributed by atoms with Gasteiger partial charge in [-0.25, -0.2) is 4.98 Å². The molecule has 3 fully saturated rings. The van der Waals surface area contributed by atoms with E-state index >= 15 is 0 Å². The van der Waals surface area contributed by atoms with Gasteiger partial charge < -0.3 is 19.1 Å². The summed E-state index contributed by atoms with van der Waals surface area (Å²) in [5.74, 6) is 0.956. The maximum absolute atomic E-state index is 13.1. The minimum atomic E-state index is 0.00694. The molecule has 1 atom stereocenters. The molecule has 0 radical (unpaired) electrons. The zero-order chi connectivity index (χ0) is 19.2. The molecule has 1 saturated carbocycles. The van der Waals surface area contributed by atoms with Crippen LogP contribution in [0.25, 0.3) is 0 Å². The molecule has 2 saturated heterocycles. The molecule has 0 bridgehead atoms. The van der Waals surface area contributed by atoms with Gasteiger partial charge in [-0.3, -0.25) is 4.79 Å². The van der Waals surface area contributed by atoms with E-state index in [0.29, 0.717) is 11.7 Å². The SMILES string of the molecule is O=C(c1cnco1)N(CCN1CCCCC1)C[C@@H]1CCCN(C2CCCC2)C1.